The van der Waals surface area contributed by atoms with Gasteiger partial charge in [0.15, 0.2) is 9.84 Å². The molecule has 0 aliphatic heterocycles. The molecule has 0 aliphatic rings. The van der Waals surface area contributed by atoms with E-state index >= 15 is 0 Å². The monoisotopic (exact) mass is 335 g/mol. The molecule has 1 aromatic heterocycles. The summed E-state index contributed by atoms with van der Waals surface area (Å²) < 4.78 is 62.5. The first-order valence-electron chi connectivity index (χ1n) is 5.36. The summed E-state index contributed by atoms with van der Waals surface area (Å²) in [5, 5.41) is 10.4. The van der Waals surface area contributed by atoms with Crippen LogP contribution in [-0.2, 0) is 26.9 Å². The summed E-state index contributed by atoms with van der Waals surface area (Å²) in [5.41, 5.74) is 0. The molecule has 0 unspecified atom stereocenters. The van der Waals surface area contributed by atoms with Gasteiger partial charge in [0.2, 0.25) is 0 Å². The van der Waals surface area contributed by atoms with Gasteiger partial charge in [0, 0.05) is 6.26 Å². The highest BCUT2D eigenvalue weighted by Crippen LogP contribution is 2.21. The molecule has 1 N–H and O–H groups in total. The average molecular weight is 335 g/mol. The van der Waals surface area contributed by atoms with Gasteiger partial charge >= 0.3 is 0 Å². The third-order valence-corrected chi connectivity index (χ3v) is 4.81. The number of rotatable bonds is 4. The van der Waals surface area contributed by atoms with Crippen molar-refractivity contribution in [3.05, 3.63) is 24.0 Å². The van der Waals surface area contributed by atoms with Crippen molar-refractivity contribution in [2.24, 2.45) is 7.05 Å². The molecular weight excluding hydrogens is 325 g/mol. The van der Waals surface area contributed by atoms with Gasteiger partial charge < -0.3 is 0 Å². The van der Waals surface area contributed by atoms with E-state index in [4.69, 9.17) is 0 Å². The molecule has 0 radical (unpaired) electrons. The molecule has 0 saturated heterocycles. The van der Waals surface area contributed by atoms with Crippen LogP contribution in [0.4, 0.5) is 10.3 Å². The van der Waals surface area contributed by atoms with Gasteiger partial charge in [-0.25, -0.2) is 25.9 Å². The number of halogens is 1. The Hall–Kier alpha value is -2.08. The molecule has 114 valence electrons. The summed E-state index contributed by atoms with van der Waals surface area (Å²) in [7, 11) is -6.65. The van der Waals surface area contributed by atoms with Gasteiger partial charge in [-0.15, -0.1) is 5.10 Å². The molecule has 1 aromatic carbocycles. The van der Waals surface area contributed by atoms with Crippen LogP contribution in [0.1, 0.15) is 0 Å². The van der Waals surface area contributed by atoms with E-state index in [2.05, 4.69) is 15.4 Å². The fraction of sp³-hybridized carbons (Fsp3) is 0.222. The molecule has 0 aliphatic carbocycles. The van der Waals surface area contributed by atoms with E-state index in [9.17, 15) is 21.2 Å². The van der Waals surface area contributed by atoms with Crippen molar-refractivity contribution >= 4 is 25.8 Å². The molecule has 9 nitrogen and oxygen atoms in total. The Bertz CT molecular complexity index is 891. The number of benzene rings is 1. The lowest BCUT2D eigenvalue weighted by atomic mass is 10.3. The second-order valence-corrected chi connectivity index (χ2v) is 7.74. The standard InChI is InChI=1S/C9H10FN5O4S2/c1-15-12-9(11-14-15)13-21(18,19)8-5-6(20(2,16)17)3-4-7(8)10/h3-5H,1-2H3,(H,12,13). The minimum absolute atomic E-state index is 0.323. The Morgan fingerprint density at radius 2 is 1.90 bits per heavy atom. The third-order valence-electron chi connectivity index (χ3n) is 2.35. The number of aryl methyl sites for hydroxylation is 1. The Labute approximate surface area is 119 Å². The quantitative estimate of drug-likeness (QED) is 0.751. The highest BCUT2D eigenvalue weighted by Gasteiger charge is 2.23. The van der Waals surface area contributed by atoms with Gasteiger partial charge in [0.1, 0.15) is 10.7 Å². The fourth-order valence-electron chi connectivity index (χ4n) is 1.42. The Morgan fingerprint density at radius 1 is 1.24 bits per heavy atom. The van der Waals surface area contributed by atoms with Crippen molar-refractivity contribution in [2.75, 3.05) is 11.0 Å². The smallest absolute Gasteiger partial charge is 0.244 e. The Morgan fingerprint density at radius 3 is 2.43 bits per heavy atom. The predicted molar refractivity (Wildman–Crippen MR) is 69.1 cm³/mol. The van der Waals surface area contributed by atoms with Gasteiger partial charge in [-0.05, 0) is 23.4 Å². The molecule has 1 heterocycles. The van der Waals surface area contributed by atoms with Gasteiger partial charge in [-0.2, -0.15) is 4.80 Å². The molecule has 0 saturated carbocycles. The number of aromatic nitrogens is 4. The third kappa shape index (κ3) is 3.33. The van der Waals surface area contributed by atoms with Crippen LogP contribution in [0.15, 0.2) is 28.0 Å². The zero-order chi connectivity index (χ0) is 15.8. The molecule has 0 bridgehead atoms. The Balaban J connectivity index is 2.49. The molecular formula is C9H10FN5O4S2. The molecule has 0 spiro atoms. The van der Waals surface area contributed by atoms with Crippen molar-refractivity contribution in [1.82, 2.24) is 20.2 Å². The highest BCUT2D eigenvalue weighted by atomic mass is 32.2. The van der Waals surface area contributed by atoms with E-state index in [-0.39, 0.29) is 10.8 Å². The second kappa shape index (κ2) is 5.04. The number of sulfone groups is 1. The maximum atomic E-state index is 13.7. The molecule has 0 amide bonds. The first kappa shape index (κ1) is 15.3. The van der Waals surface area contributed by atoms with Crippen LogP contribution in [-0.4, -0.2) is 43.3 Å². The molecule has 21 heavy (non-hydrogen) atoms. The maximum absolute atomic E-state index is 13.7. The summed E-state index contributed by atoms with van der Waals surface area (Å²) in [6.45, 7) is 0. The van der Waals surface area contributed by atoms with Crippen LogP contribution in [0.5, 0.6) is 0 Å². The lowest BCUT2D eigenvalue weighted by molar-refractivity contribution is 0.567. The zero-order valence-corrected chi connectivity index (χ0v) is 12.5. The van der Waals surface area contributed by atoms with Crippen molar-refractivity contribution in [3.8, 4) is 0 Å². The first-order valence-corrected chi connectivity index (χ1v) is 8.73. The number of anilines is 1. The minimum atomic E-state index is -4.38. The number of hydrogen-bond acceptors (Lipinski definition) is 7. The van der Waals surface area contributed by atoms with Crippen molar-refractivity contribution in [3.63, 3.8) is 0 Å². The molecule has 0 atom stereocenters. The van der Waals surface area contributed by atoms with Gasteiger partial charge in [0.25, 0.3) is 16.0 Å². The zero-order valence-electron chi connectivity index (χ0n) is 10.8. The topological polar surface area (TPSA) is 124 Å². The van der Waals surface area contributed by atoms with Crippen molar-refractivity contribution < 1.29 is 21.2 Å². The van der Waals surface area contributed by atoms with Crippen LogP contribution in [0.2, 0.25) is 0 Å². The van der Waals surface area contributed by atoms with Crippen molar-refractivity contribution in [1.29, 1.82) is 0 Å². The fourth-order valence-corrected chi connectivity index (χ4v) is 3.18. The van der Waals surface area contributed by atoms with E-state index in [1.807, 2.05) is 4.72 Å². The van der Waals surface area contributed by atoms with E-state index in [1.165, 1.54) is 7.05 Å². The Kier molecular flexibility index (Phi) is 3.67. The lowest BCUT2D eigenvalue weighted by Gasteiger charge is -2.07. The largest absolute Gasteiger partial charge is 0.277 e. The van der Waals surface area contributed by atoms with E-state index in [1.54, 1.807) is 0 Å². The minimum Gasteiger partial charge on any atom is -0.244 e. The van der Waals surface area contributed by atoms with Crippen LogP contribution < -0.4 is 4.72 Å². The number of sulfonamides is 1. The highest BCUT2D eigenvalue weighted by molar-refractivity contribution is 7.93. The first-order chi connectivity index (χ1) is 9.59. The summed E-state index contributed by atoms with van der Waals surface area (Å²) >= 11 is 0. The van der Waals surface area contributed by atoms with Crippen LogP contribution >= 0.6 is 0 Å². The van der Waals surface area contributed by atoms with E-state index < -0.39 is 30.6 Å². The second-order valence-electron chi connectivity index (χ2n) is 4.07. The average Bonchev–Trinajstić information content (AvgIpc) is 2.72. The van der Waals surface area contributed by atoms with Crippen LogP contribution in [0.25, 0.3) is 0 Å². The van der Waals surface area contributed by atoms with E-state index in [0.29, 0.717) is 0 Å². The summed E-state index contributed by atoms with van der Waals surface area (Å²) in [6, 6.07) is 2.46. The number of nitrogens with one attached hydrogen (secondary N) is 1. The van der Waals surface area contributed by atoms with Crippen molar-refractivity contribution in [2.45, 2.75) is 9.79 Å². The summed E-state index contributed by atoms with van der Waals surface area (Å²) in [4.78, 5) is -0.143. The summed E-state index contributed by atoms with van der Waals surface area (Å²) in [5.74, 6) is -1.46. The van der Waals surface area contributed by atoms with Crippen LogP contribution in [0.3, 0.4) is 0 Å². The van der Waals surface area contributed by atoms with Crippen LogP contribution in [0, 0.1) is 5.82 Å². The lowest BCUT2D eigenvalue weighted by Crippen LogP contribution is -2.16. The number of hydrogen-bond donors (Lipinski definition) is 1. The maximum Gasteiger partial charge on any atom is 0.277 e. The van der Waals surface area contributed by atoms with Gasteiger partial charge in [-0.3, -0.25) is 0 Å². The SMILES string of the molecule is Cn1nnc(NS(=O)(=O)c2cc(S(C)(=O)=O)ccc2F)n1. The molecule has 0 fully saturated rings. The molecule has 2 rings (SSSR count). The normalized spacial score (nSPS) is 12.3. The predicted octanol–water partition coefficient (Wildman–Crippen LogP) is -0.446. The van der Waals surface area contributed by atoms with Gasteiger partial charge in [-0.1, -0.05) is 5.10 Å². The number of nitrogens with zero attached hydrogens (tertiary/aromatic N) is 4. The van der Waals surface area contributed by atoms with E-state index in [0.717, 1.165) is 29.3 Å². The summed E-state index contributed by atoms with van der Waals surface area (Å²) in [6.07, 6.45) is 0.883. The van der Waals surface area contributed by atoms with Gasteiger partial charge in [0.05, 0.1) is 11.9 Å². The molecule has 2 aromatic rings. The molecule has 12 heteroatoms. The number of tetrazole rings is 1.